The van der Waals surface area contributed by atoms with Gasteiger partial charge >= 0.3 is 0 Å². The summed E-state index contributed by atoms with van der Waals surface area (Å²) in [6.45, 7) is 2.38. The lowest BCUT2D eigenvalue weighted by molar-refractivity contribution is -0.132. The van der Waals surface area contributed by atoms with E-state index in [1.54, 1.807) is 24.4 Å². The second kappa shape index (κ2) is 8.21. The molecule has 7 heteroatoms. The Kier molecular flexibility index (Phi) is 5.71. The smallest absolute Gasteiger partial charge is 0.223 e. The topological polar surface area (TPSA) is 55.6 Å². The number of aryl methyl sites for hydroxylation is 1. The van der Waals surface area contributed by atoms with Crippen molar-refractivity contribution in [3.8, 4) is 11.3 Å². The van der Waals surface area contributed by atoms with Gasteiger partial charge in [0, 0.05) is 48.5 Å². The summed E-state index contributed by atoms with van der Waals surface area (Å²) in [6.07, 6.45) is 5.78. The van der Waals surface area contributed by atoms with Crippen molar-refractivity contribution in [1.82, 2.24) is 9.88 Å². The predicted octanol–water partition coefficient (Wildman–Crippen LogP) is 4.61. The molecule has 5 nitrogen and oxygen atoms in total. The third-order valence-electron chi connectivity index (χ3n) is 5.09. The summed E-state index contributed by atoms with van der Waals surface area (Å²) in [5.74, 6) is 1.77. The molecule has 4 rings (SSSR count). The number of carbonyl (C=O) groups excluding carboxylic acids is 1. The number of halogens is 2. The Labute approximate surface area is 168 Å². The van der Waals surface area contributed by atoms with Crippen molar-refractivity contribution in [1.29, 1.82) is 0 Å². The fourth-order valence-corrected chi connectivity index (χ4v) is 3.94. The molecular weight excluding hydrogens is 387 g/mol. The molecule has 1 aromatic carbocycles. The number of benzene rings is 1. The van der Waals surface area contributed by atoms with E-state index in [0.717, 1.165) is 44.6 Å². The first-order valence-corrected chi connectivity index (χ1v) is 10.1. The number of hydrogen-bond donors (Lipinski definition) is 0. The number of ether oxygens (including phenoxy) is 1. The van der Waals surface area contributed by atoms with E-state index in [2.05, 4.69) is 4.98 Å². The molecule has 0 bridgehead atoms. The molecule has 2 fully saturated rings. The number of aromatic nitrogens is 1. The van der Waals surface area contributed by atoms with Crippen molar-refractivity contribution in [3.63, 3.8) is 0 Å². The minimum atomic E-state index is 0.175. The van der Waals surface area contributed by atoms with Crippen LogP contribution in [0.4, 0.5) is 0 Å². The van der Waals surface area contributed by atoms with Gasteiger partial charge in [-0.1, -0.05) is 23.2 Å². The highest BCUT2D eigenvalue weighted by atomic mass is 35.5. The van der Waals surface area contributed by atoms with Crippen LogP contribution in [-0.2, 0) is 16.0 Å². The van der Waals surface area contributed by atoms with Crippen molar-refractivity contribution in [2.24, 2.45) is 5.92 Å². The maximum atomic E-state index is 12.7. The van der Waals surface area contributed by atoms with Crippen molar-refractivity contribution < 1.29 is 13.9 Å². The summed E-state index contributed by atoms with van der Waals surface area (Å²) < 4.78 is 11.2. The number of nitrogens with zero attached hydrogens (tertiary/aromatic N) is 2. The van der Waals surface area contributed by atoms with Crippen LogP contribution >= 0.6 is 23.2 Å². The van der Waals surface area contributed by atoms with Gasteiger partial charge < -0.3 is 14.1 Å². The van der Waals surface area contributed by atoms with Gasteiger partial charge in [0.2, 0.25) is 5.91 Å². The fraction of sp³-hybridized carbons (Fsp3) is 0.500. The molecule has 1 aliphatic carbocycles. The van der Waals surface area contributed by atoms with Gasteiger partial charge in [-0.25, -0.2) is 4.98 Å². The summed E-state index contributed by atoms with van der Waals surface area (Å²) >= 11 is 12.2. The first-order chi connectivity index (χ1) is 13.1. The average molecular weight is 409 g/mol. The van der Waals surface area contributed by atoms with Gasteiger partial charge in [-0.3, -0.25) is 4.79 Å². The van der Waals surface area contributed by atoms with Crippen LogP contribution in [0.3, 0.4) is 0 Å². The van der Waals surface area contributed by atoms with E-state index >= 15 is 0 Å². The van der Waals surface area contributed by atoms with Crippen molar-refractivity contribution in [3.05, 3.63) is 40.3 Å². The van der Waals surface area contributed by atoms with Gasteiger partial charge in [-0.05, 0) is 37.5 Å². The lowest BCUT2D eigenvalue weighted by Crippen LogP contribution is -2.37. The maximum absolute atomic E-state index is 12.7. The molecule has 1 amide bonds. The highest BCUT2D eigenvalue weighted by Crippen LogP contribution is 2.32. The lowest BCUT2D eigenvalue weighted by Gasteiger charge is -2.25. The molecule has 0 radical (unpaired) electrons. The highest BCUT2D eigenvalue weighted by Gasteiger charge is 2.34. The van der Waals surface area contributed by atoms with Gasteiger partial charge in [0.05, 0.1) is 17.8 Å². The Morgan fingerprint density at radius 2 is 2.11 bits per heavy atom. The Hall–Kier alpha value is -1.56. The third-order valence-corrected chi connectivity index (χ3v) is 5.64. The van der Waals surface area contributed by atoms with Gasteiger partial charge in [0.1, 0.15) is 0 Å². The van der Waals surface area contributed by atoms with E-state index in [0.29, 0.717) is 46.5 Å². The van der Waals surface area contributed by atoms with Gasteiger partial charge in [0.15, 0.2) is 11.7 Å². The first-order valence-electron chi connectivity index (χ1n) is 9.37. The van der Waals surface area contributed by atoms with Crippen LogP contribution in [0.2, 0.25) is 10.0 Å². The quantitative estimate of drug-likeness (QED) is 0.670. The molecular formula is C20H22Cl2N2O3. The Bertz CT molecular complexity index is 813. The lowest BCUT2D eigenvalue weighted by atomic mass is 10.1. The second-order valence-electron chi connectivity index (χ2n) is 7.25. The monoisotopic (exact) mass is 408 g/mol. The first kappa shape index (κ1) is 18.8. The highest BCUT2D eigenvalue weighted by molar-refractivity contribution is 6.36. The predicted molar refractivity (Wildman–Crippen MR) is 104 cm³/mol. The summed E-state index contributed by atoms with van der Waals surface area (Å²) in [5.41, 5.74) is 0.743. The Morgan fingerprint density at radius 1 is 1.26 bits per heavy atom. The molecule has 0 N–H and O–H groups in total. The van der Waals surface area contributed by atoms with E-state index in [4.69, 9.17) is 32.4 Å². The molecule has 144 valence electrons. The molecule has 27 heavy (non-hydrogen) atoms. The zero-order valence-corrected chi connectivity index (χ0v) is 16.5. The molecule has 1 saturated heterocycles. The van der Waals surface area contributed by atoms with Gasteiger partial charge in [0.25, 0.3) is 0 Å². The third kappa shape index (κ3) is 4.65. The van der Waals surface area contributed by atoms with E-state index in [9.17, 15) is 4.79 Å². The normalized spacial score (nSPS) is 19.4. The van der Waals surface area contributed by atoms with E-state index in [1.807, 2.05) is 4.90 Å². The summed E-state index contributed by atoms with van der Waals surface area (Å²) in [7, 11) is 0. The minimum absolute atomic E-state index is 0.175. The molecule has 1 unspecified atom stereocenters. The molecule has 2 aromatic rings. The van der Waals surface area contributed by atoms with Crippen LogP contribution in [0.15, 0.2) is 28.8 Å². The minimum Gasteiger partial charge on any atom is -0.441 e. The van der Waals surface area contributed by atoms with Crippen molar-refractivity contribution in [2.45, 2.75) is 38.1 Å². The zero-order valence-electron chi connectivity index (χ0n) is 15.0. The summed E-state index contributed by atoms with van der Waals surface area (Å²) in [6, 6.07) is 5.64. The molecule has 2 heterocycles. The van der Waals surface area contributed by atoms with Crippen LogP contribution in [-0.4, -0.2) is 41.6 Å². The Morgan fingerprint density at radius 3 is 2.81 bits per heavy atom. The van der Waals surface area contributed by atoms with Crippen LogP contribution in [0.25, 0.3) is 11.3 Å². The molecule has 1 aliphatic heterocycles. The molecule has 1 aromatic heterocycles. The molecule has 2 aliphatic rings. The maximum Gasteiger partial charge on any atom is 0.223 e. The van der Waals surface area contributed by atoms with Crippen LogP contribution in [0.5, 0.6) is 0 Å². The second-order valence-corrected chi connectivity index (χ2v) is 8.09. The van der Waals surface area contributed by atoms with E-state index < -0.39 is 0 Å². The number of hydrogen-bond acceptors (Lipinski definition) is 4. The van der Waals surface area contributed by atoms with Crippen molar-refractivity contribution >= 4 is 29.1 Å². The SMILES string of the molecule is O=C(CCc1ncc(-c2ccc(Cl)cc2Cl)o1)N(CC1CCOC1)C1CC1. The van der Waals surface area contributed by atoms with E-state index in [-0.39, 0.29) is 5.91 Å². The Balaban J connectivity index is 1.36. The van der Waals surface area contributed by atoms with Crippen LogP contribution < -0.4 is 0 Å². The number of oxazole rings is 1. The van der Waals surface area contributed by atoms with Gasteiger partial charge in [-0.15, -0.1) is 0 Å². The van der Waals surface area contributed by atoms with Crippen LogP contribution in [0.1, 0.15) is 31.6 Å². The molecule has 0 spiro atoms. The summed E-state index contributed by atoms with van der Waals surface area (Å²) in [4.78, 5) is 19.1. The van der Waals surface area contributed by atoms with Gasteiger partial charge in [-0.2, -0.15) is 0 Å². The van der Waals surface area contributed by atoms with E-state index in [1.165, 1.54) is 0 Å². The number of carbonyl (C=O) groups is 1. The number of amides is 1. The van der Waals surface area contributed by atoms with Crippen LogP contribution in [0, 0.1) is 5.92 Å². The standard InChI is InChI=1S/C20H22Cl2N2O3/c21-14-1-4-16(17(22)9-14)18-10-23-19(27-18)5-6-20(25)24(15-2-3-15)11-13-7-8-26-12-13/h1,4,9-10,13,15H,2-3,5-8,11-12H2. The summed E-state index contributed by atoms with van der Waals surface area (Å²) in [5, 5.41) is 1.09. The molecule has 1 saturated carbocycles. The zero-order chi connectivity index (χ0) is 18.8. The average Bonchev–Trinajstić information content (AvgIpc) is 3.15. The number of rotatable bonds is 7. The molecule has 1 atom stereocenters. The fourth-order valence-electron chi connectivity index (χ4n) is 3.44. The van der Waals surface area contributed by atoms with Crippen molar-refractivity contribution in [2.75, 3.05) is 19.8 Å². The largest absolute Gasteiger partial charge is 0.441 e.